The van der Waals surface area contributed by atoms with E-state index >= 15 is 0 Å². The van der Waals surface area contributed by atoms with Gasteiger partial charge in [0.05, 0.1) is 13.2 Å². The Morgan fingerprint density at radius 2 is 2.22 bits per heavy atom. The maximum Gasteiger partial charge on any atom is 0.104 e. The third kappa shape index (κ3) is 2.33. The Kier molecular flexibility index (Phi) is 2.49. The normalized spacial score (nSPS) is 20.3. The van der Waals surface area contributed by atoms with Crippen molar-refractivity contribution in [3.05, 3.63) is 0 Å². The van der Waals surface area contributed by atoms with Crippen LogP contribution in [0.3, 0.4) is 0 Å². The van der Waals surface area contributed by atoms with Gasteiger partial charge in [-0.05, 0) is 5.92 Å². The first-order valence-electron chi connectivity index (χ1n) is 3.48. The lowest BCUT2D eigenvalue weighted by Crippen LogP contribution is -2.36. The largest absolute Gasteiger partial charge is 0.376 e. The lowest BCUT2D eigenvalue weighted by atomic mass is 10.2. The predicted octanol–water partition coefficient (Wildman–Crippen LogP) is 1.06. The van der Waals surface area contributed by atoms with Gasteiger partial charge in [0.2, 0.25) is 0 Å². The van der Waals surface area contributed by atoms with Gasteiger partial charge in [0.25, 0.3) is 0 Å². The zero-order valence-electron chi connectivity index (χ0n) is 6.09. The maximum atomic E-state index is 5.41. The fraction of sp³-hybridized carbons (Fsp3) is 1.00. The molecule has 0 bridgehead atoms. The summed E-state index contributed by atoms with van der Waals surface area (Å²) in [6.07, 6.45) is 0.396. The van der Waals surface area contributed by atoms with E-state index < -0.39 is 0 Å². The minimum atomic E-state index is 0.396. The van der Waals surface area contributed by atoms with E-state index in [1.807, 2.05) is 0 Å². The van der Waals surface area contributed by atoms with Crippen molar-refractivity contribution in [2.24, 2.45) is 5.92 Å². The molecule has 0 aromatic carbocycles. The predicted molar refractivity (Wildman–Crippen MR) is 35.4 cm³/mol. The molecule has 54 valence electrons. The van der Waals surface area contributed by atoms with Crippen LogP contribution in [0.25, 0.3) is 0 Å². The number of hydrogen-bond acceptors (Lipinski definition) is 2. The zero-order valence-corrected chi connectivity index (χ0v) is 6.09. The number of ether oxygens (including phenoxy) is 2. The van der Waals surface area contributed by atoms with E-state index in [0.717, 1.165) is 19.8 Å². The van der Waals surface area contributed by atoms with Crippen LogP contribution < -0.4 is 0 Å². The minimum absolute atomic E-state index is 0.396. The average molecular weight is 130 g/mol. The third-order valence-corrected chi connectivity index (χ3v) is 1.27. The second-order valence-electron chi connectivity index (χ2n) is 2.89. The Hall–Kier alpha value is -0.0800. The van der Waals surface area contributed by atoms with Crippen LogP contribution in [-0.2, 0) is 9.47 Å². The van der Waals surface area contributed by atoms with Crippen LogP contribution in [0, 0.1) is 5.92 Å². The fourth-order valence-electron chi connectivity index (χ4n) is 0.639. The molecule has 0 aromatic heterocycles. The molecule has 0 unspecified atom stereocenters. The van der Waals surface area contributed by atoms with E-state index in [1.54, 1.807) is 0 Å². The Labute approximate surface area is 56.2 Å². The first-order chi connectivity index (χ1) is 4.29. The third-order valence-electron chi connectivity index (χ3n) is 1.27. The quantitative estimate of drug-likeness (QED) is 0.568. The molecule has 1 aliphatic heterocycles. The molecule has 2 nitrogen and oxygen atoms in total. The minimum Gasteiger partial charge on any atom is -0.376 e. The van der Waals surface area contributed by atoms with Crippen LogP contribution in [0.4, 0.5) is 0 Å². The highest BCUT2D eigenvalue weighted by atomic mass is 16.6. The molecule has 0 saturated carbocycles. The lowest BCUT2D eigenvalue weighted by molar-refractivity contribution is -0.134. The van der Waals surface area contributed by atoms with Gasteiger partial charge in [0.15, 0.2) is 0 Å². The molecule has 9 heavy (non-hydrogen) atoms. The molecule has 0 aromatic rings. The Morgan fingerprint density at radius 1 is 1.56 bits per heavy atom. The van der Waals surface area contributed by atoms with Crippen LogP contribution in [0.5, 0.6) is 0 Å². The highest BCUT2D eigenvalue weighted by Gasteiger charge is 2.18. The van der Waals surface area contributed by atoms with Crippen molar-refractivity contribution in [3.63, 3.8) is 0 Å². The van der Waals surface area contributed by atoms with Gasteiger partial charge in [-0.1, -0.05) is 13.8 Å². The summed E-state index contributed by atoms with van der Waals surface area (Å²) in [6.45, 7) is 6.77. The maximum absolute atomic E-state index is 5.41. The van der Waals surface area contributed by atoms with Gasteiger partial charge in [-0.15, -0.1) is 0 Å². The molecule has 1 heterocycles. The highest BCUT2D eigenvalue weighted by molar-refractivity contribution is 4.64. The van der Waals surface area contributed by atoms with Crippen molar-refractivity contribution in [1.29, 1.82) is 0 Å². The Morgan fingerprint density at radius 3 is 2.56 bits per heavy atom. The van der Waals surface area contributed by atoms with Crippen molar-refractivity contribution in [2.45, 2.75) is 20.0 Å². The Balaban J connectivity index is 1.91. The fourth-order valence-corrected chi connectivity index (χ4v) is 0.639. The van der Waals surface area contributed by atoms with Crippen molar-refractivity contribution < 1.29 is 9.47 Å². The van der Waals surface area contributed by atoms with Crippen molar-refractivity contribution in [1.82, 2.24) is 0 Å². The van der Waals surface area contributed by atoms with E-state index in [2.05, 4.69) is 13.8 Å². The summed E-state index contributed by atoms with van der Waals surface area (Å²) in [7, 11) is 0. The van der Waals surface area contributed by atoms with Crippen LogP contribution in [0.2, 0.25) is 0 Å². The first kappa shape index (κ1) is 7.03. The summed E-state index contributed by atoms with van der Waals surface area (Å²) in [4.78, 5) is 0. The SMILES string of the molecule is CC(C)COC1COC1. The Bertz CT molecular complexity index is 77.0. The molecule has 1 saturated heterocycles. The highest BCUT2D eigenvalue weighted by Crippen LogP contribution is 2.06. The topological polar surface area (TPSA) is 18.5 Å². The molecule has 1 rings (SSSR count). The van der Waals surface area contributed by atoms with Crippen molar-refractivity contribution >= 4 is 0 Å². The molecule has 0 atom stereocenters. The van der Waals surface area contributed by atoms with E-state index in [0.29, 0.717) is 12.0 Å². The standard InChI is InChI=1S/C7H14O2/c1-6(2)3-9-7-4-8-5-7/h6-7H,3-5H2,1-2H3. The molecule has 0 radical (unpaired) electrons. The van der Waals surface area contributed by atoms with Crippen molar-refractivity contribution in [2.75, 3.05) is 19.8 Å². The molecule has 2 heteroatoms. The zero-order chi connectivity index (χ0) is 6.69. The van der Waals surface area contributed by atoms with E-state index in [1.165, 1.54) is 0 Å². The van der Waals surface area contributed by atoms with Gasteiger partial charge in [0.1, 0.15) is 6.10 Å². The second kappa shape index (κ2) is 3.18. The number of rotatable bonds is 3. The average Bonchev–Trinajstić information content (AvgIpc) is 1.60. The molecule has 0 aliphatic carbocycles. The molecule has 0 spiro atoms. The summed E-state index contributed by atoms with van der Waals surface area (Å²) in [5.74, 6) is 0.644. The van der Waals surface area contributed by atoms with Gasteiger partial charge in [-0.2, -0.15) is 0 Å². The lowest BCUT2D eigenvalue weighted by Gasteiger charge is -2.26. The van der Waals surface area contributed by atoms with E-state index in [9.17, 15) is 0 Å². The molecule has 1 fully saturated rings. The van der Waals surface area contributed by atoms with Gasteiger partial charge in [-0.25, -0.2) is 0 Å². The summed E-state index contributed by atoms with van der Waals surface area (Å²) in [5, 5.41) is 0. The van der Waals surface area contributed by atoms with Gasteiger partial charge in [0, 0.05) is 6.61 Å². The van der Waals surface area contributed by atoms with E-state index in [4.69, 9.17) is 9.47 Å². The summed E-state index contributed by atoms with van der Waals surface area (Å²) in [6, 6.07) is 0. The van der Waals surface area contributed by atoms with Gasteiger partial charge >= 0.3 is 0 Å². The molecule has 0 amide bonds. The molecular weight excluding hydrogens is 116 g/mol. The summed E-state index contributed by atoms with van der Waals surface area (Å²) < 4.78 is 10.4. The van der Waals surface area contributed by atoms with Crippen LogP contribution in [-0.4, -0.2) is 25.9 Å². The molecule has 1 aliphatic rings. The van der Waals surface area contributed by atoms with Crippen molar-refractivity contribution in [3.8, 4) is 0 Å². The summed E-state index contributed by atoms with van der Waals surface area (Å²) >= 11 is 0. The molecular formula is C7H14O2. The second-order valence-corrected chi connectivity index (χ2v) is 2.89. The van der Waals surface area contributed by atoms with Crippen LogP contribution in [0.15, 0.2) is 0 Å². The molecule has 0 N–H and O–H groups in total. The summed E-state index contributed by atoms with van der Waals surface area (Å²) in [5.41, 5.74) is 0. The monoisotopic (exact) mass is 130 g/mol. The number of hydrogen-bond donors (Lipinski definition) is 0. The first-order valence-corrected chi connectivity index (χ1v) is 3.48. The van der Waals surface area contributed by atoms with E-state index in [-0.39, 0.29) is 0 Å². The smallest absolute Gasteiger partial charge is 0.104 e. The van der Waals surface area contributed by atoms with Gasteiger partial charge < -0.3 is 9.47 Å². The van der Waals surface area contributed by atoms with Gasteiger partial charge in [-0.3, -0.25) is 0 Å². The van der Waals surface area contributed by atoms with Crippen LogP contribution >= 0.6 is 0 Å². The van der Waals surface area contributed by atoms with Crippen LogP contribution in [0.1, 0.15) is 13.8 Å².